The Balaban J connectivity index is 1.26. The van der Waals surface area contributed by atoms with Crippen LogP contribution in [0, 0.1) is 0 Å². The number of nitrogens with one attached hydrogen (secondary N) is 4. The number of carboxylic acid groups (broad SMARTS) is 2. The zero-order valence-corrected chi connectivity index (χ0v) is 28.4. The lowest BCUT2D eigenvalue weighted by Crippen LogP contribution is -2.37. The van der Waals surface area contributed by atoms with Gasteiger partial charge in [0.25, 0.3) is 0 Å². The lowest BCUT2D eigenvalue weighted by Gasteiger charge is -2.22. The summed E-state index contributed by atoms with van der Waals surface area (Å²) in [5.41, 5.74) is 0.818. The Morgan fingerprint density at radius 3 is 1.22 bits per heavy atom. The highest BCUT2D eigenvalue weighted by Gasteiger charge is 2.30. The van der Waals surface area contributed by atoms with Crippen LogP contribution in [0.5, 0.6) is 11.5 Å². The smallest absolute Gasteiger partial charge is 0.347 e. The van der Waals surface area contributed by atoms with Gasteiger partial charge in [-0.05, 0) is 93.8 Å². The van der Waals surface area contributed by atoms with Crippen LogP contribution in [0.4, 0.5) is 32.3 Å². The third-order valence-electron chi connectivity index (χ3n) is 6.99. The van der Waals surface area contributed by atoms with Crippen LogP contribution >= 0.6 is 23.2 Å². The molecule has 4 rings (SSSR count). The van der Waals surface area contributed by atoms with Gasteiger partial charge >= 0.3 is 24.0 Å². The molecular formula is C35H34Cl2N4O8. The normalized spacial score (nSPS) is 11.2. The van der Waals surface area contributed by atoms with Crippen molar-refractivity contribution in [3.05, 3.63) is 106 Å². The van der Waals surface area contributed by atoms with Gasteiger partial charge in [-0.3, -0.25) is 0 Å². The van der Waals surface area contributed by atoms with Gasteiger partial charge in [-0.15, -0.1) is 0 Å². The number of urea groups is 2. The highest BCUT2D eigenvalue weighted by atomic mass is 35.5. The van der Waals surface area contributed by atoms with E-state index in [1.165, 1.54) is 64.1 Å². The summed E-state index contributed by atoms with van der Waals surface area (Å²) in [6.07, 6.45) is 0.602. The van der Waals surface area contributed by atoms with E-state index >= 15 is 0 Å². The largest absolute Gasteiger partial charge is 0.478 e. The molecule has 0 aliphatic carbocycles. The average Bonchev–Trinajstić information content (AvgIpc) is 3.01. The first-order valence-electron chi connectivity index (χ1n) is 14.8. The zero-order valence-electron chi connectivity index (χ0n) is 26.9. The monoisotopic (exact) mass is 708 g/mol. The van der Waals surface area contributed by atoms with Crippen LogP contribution in [0.3, 0.4) is 0 Å². The van der Waals surface area contributed by atoms with Crippen molar-refractivity contribution in [3.63, 3.8) is 0 Å². The number of anilines is 4. The molecule has 6 N–H and O–H groups in total. The number of halogens is 2. The molecule has 0 saturated carbocycles. The molecule has 0 atom stereocenters. The molecule has 4 amide bonds. The van der Waals surface area contributed by atoms with Crippen molar-refractivity contribution in [2.45, 2.75) is 45.3 Å². The quantitative estimate of drug-likeness (QED) is 0.0851. The van der Waals surface area contributed by atoms with Gasteiger partial charge in [0.05, 0.1) is 21.4 Å². The molecule has 0 saturated heterocycles. The van der Waals surface area contributed by atoms with Gasteiger partial charge in [0.1, 0.15) is 11.5 Å². The standard InChI is InChI=1S/C35H34Cl2N4O8/c1-34(2,30(42)43)48-24-13-15-28(26(36)18-24)40-32(46)38-22-9-5-20(6-10-22)17-21-7-11-23(12-8-21)39-33(47)41-29-16-14-25(19-27(29)37)49-35(3,4)31(44)45/h5-16,18-19H,17H2,1-4H3,(H,42,43)(H,44,45)(H2,38,40,46)(H2,39,41,47). The Morgan fingerprint density at radius 1 is 0.571 bits per heavy atom. The predicted octanol–water partition coefficient (Wildman–Crippen LogP) is 8.36. The SMILES string of the molecule is CC(C)(Oc1ccc(NC(=O)Nc2ccc(Cc3ccc(NC(=O)Nc4ccc(OC(C)(C)C(=O)O)cc4Cl)cc3)cc2)c(Cl)c1)C(=O)O. The Bertz CT molecular complexity index is 1730. The first-order valence-corrected chi connectivity index (χ1v) is 15.5. The van der Waals surface area contributed by atoms with Crippen LogP contribution in [-0.2, 0) is 16.0 Å². The number of rotatable bonds is 12. The van der Waals surface area contributed by atoms with Crippen LogP contribution < -0.4 is 30.7 Å². The summed E-state index contributed by atoms with van der Waals surface area (Å²) in [5.74, 6) is -1.77. The number of hydrogen-bond acceptors (Lipinski definition) is 6. The van der Waals surface area contributed by atoms with Crippen LogP contribution in [0.25, 0.3) is 0 Å². The molecule has 0 heterocycles. The molecule has 12 nitrogen and oxygen atoms in total. The van der Waals surface area contributed by atoms with E-state index in [9.17, 15) is 29.4 Å². The number of hydrogen-bond donors (Lipinski definition) is 6. The molecule has 0 unspecified atom stereocenters. The lowest BCUT2D eigenvalue weighted by molar-refractivity contribution is -0.152. The second kappa shape index (κ2) is 15.2. The van der Waals surface area contributed by atoms with Gasteiger partial charge < -0.3 is 41.0 Å². The van der Waals surface area contributed by atoms with E-state index in [-0.39, 0.29) is 21.5 Å². The number of amides is 4. The first kappa shape index (κ1) is 36.4. The predicted molar refractivity (Wildman–Crippen MR) is 189 cm³/mol. The van der Waals surface area contributed by atoms with Crippen molar-refractivity contribution in [2.75, 3.05) is 21.3 Å². The molecule has 49 heavy (non-hydrogen) atoms. The molecule has 0 bridgehead atoms. The molecule has 0 aromatic heterocycles. The Hall–Kier alpha value is -5.46. The van der Waals surface area contributed by atoms with Gasteiger partial charge in [-0.1, -0.05) is 47.5 Å². The van der Waals surface area contributed by atoms with E-state index in [2.05, 4.69) is 21.3 Å². The molecule has 14 heteroatoms. The maximum Gasteiger partial charge on any atom is 0.347 e. The molecule has 0 aliphatic heterocycles. The molecule has 0 spiro atoms. The van der Waals surface area contributed by atoms with Gasteiger partial charge in [0.2, 0.25) is 0 Å². The minimum Gasteiger partial charge on any atom is -0.478 e. The topological polar surface area (TPSA) is 175 Å². The maximum absolute atomic E-state index is 12.6. The number of carbonyl (C=O) groups excluding carboxylic acids is 2. The molecule has 0 fully saturated rings. The van der Waals surface area contributed by atoms with Crippen LogP contribution in [0.1, 0.15) is 38.8 Å². The minimum absolute atomic E-state index is 0.177. The number of benzene rings is 4. The summed E-state index contributed by atoms with van der Waals surface area (Å²) in [4.78, 5) is 47.7. The van der Waals surface area contributed by atoms with E-state index in [0.717, 1.165) is 11.1 Å². The third kappa shape index (κ3) is 10.3. The fourth-order valence-corrected chi connectivity index (χ4v) is 4.65. The molecule has 256 valence electrons. The highest BCUT2D eigenvalue weighted by Crippen LogP contribution is 2.30. The van der Waals surface area contributed by atoms with Gasteiger partial charge in [0, 0.05) is 23.5 Å². The average molecular weight is 710 g/mol. The zero-order chi connectivity index (χ0) is 35.9. The summed E-state index contributed by atoms with van der Waals surface area (Å²) < 4.78 is 10.9. The number of aliphatic carboxylic acids is 2. The van der Waals surface area contributed by atoms with Crippen LogP contribution in [-0.4, -0.2) is 45.4 Å². The van der Waals surface area contributed by atoms with Crippen molar-refractivity contribution >= 4 is 70.0 Å². The van der Waals surface area contributed by atoms with E-state index < -0.39 is 35.2 Å². The second-order valence-electron chi connectivity index (χ2n) is 11.8. The van der Waals surface area contributed by atoms with Crippen molar-refractivity contribution in [1.82, 2.24) is 0 Å². The Labute approximate surface area is 292 Å². The second-order valence-corrected chi connectivity index (χ2v) is 12.7. The summed E-state index contributed by atoms with van der Waals surface area (Å²) in [5, 5.41) is 29.6. The number of ether oxygens (including phenoxy) is 2. The molecule has 0 radical (unpaired) electrons. The summed E-state index contributed by atoms with van der Waals surface area (Å²) in [6, 6.07) is 22.4. The van der Waals surface area contributed by atoms with Crippen molar-refractivity contribution in [1.29, 1.82) is 0 Å². The lowest BCUT2D eigenvalue weighted by atomic mass is 10.0. The van der Waals surface area contributed by atoms with Crippen molar-refractivity contribution < 1.29 is 38.9 Å². The molecule has 4 aromatic carbocycles. The summed E-state index contributed by atoms with van der Waals surface area (Å²) in [6.45, 7) is 5.66. The molecule has 4 aromatic rings. The number of carbonyl (C=O) groups is 4. The van der Waals surface area contributed by atoms with E-state index in [4.69, 9.17) is 32.7 Å². The van der Waals surface area contributed by atoms with Gasteiger partial charge in [0.15, 0.2) is 11.2 Å². The Kier molecular flexibility index (Phi) is 11.3. The molecule has 0 aliphatic rings. The van der Waals surface area contributed by atoms with E-state index in [1.807, 2.05) is 24.3 Å². The summed E-state index contributed by atoms with van der Waals surface area (Å²) >= 11 is 12.5. The fraction of sp³-hybridized carbons (Fsp3) is 0.200. The van der Waals surface area contributed by atoms with E-state index in [1.54, 1.807) is 24.3 Å². The Morgan fingerprint density at radius 2 is 0.918 bits per heavy atom. The van der Waals surface area contributed by atoms with Crippen molar-refractivity contribution in [2.24, 2.45) is 0 Å². The maximum atomic E-state index is 12.6. The fourth-order valence-electron chi connectivity index (χ4n) is 4.21. The highest BCUT2D eigenvalue weighted by molar-refractivity contribution is 6.34. The number of carboxylic acids is 2. The van der Waals surface area contributed by atoms with Crippen LogP contribution in [0.15, 0.2) is 84.9 Å². The van der Waals surface area contributed by atoms with E-state index in [0.29, 0.717) is 29.2 Å². The molecular weight excluding hydrogens is 675 g/mol. The van der Waals surface area contributed by atoms with Gasteiger partial charge in [-0.2, -0.15) is 0 Å². The van der Waals surface area contributed by atoms with Crippen molar-refractivity contribution in [3.8, 4) is 11.5 Å². The third-order valence-corrected chi connectivity index (χ3v) is 7.61. The summed E-state index contributed by atoms with van der Waals surface area (Å²) in [7, 11) is 0. The van der Waals surface area contributed by atoms with Gasteiger partial charge in [-0.25, -0.2) is 19.2 Å². The minimum atomic E-state index is -1.45. The van der Waals surface area contributed by atoms with Crippen LogP contribution in [0.2, 0.25) is 10.0 Å². The first-order chi connectivity index (χ1) is 23.0.